The van der Waals surface area contributed by atoms with Gasteiger partial charge in [-0.2, -0.15) is 0 Å². The number of carboxylic acids is 2. The molecule has 0 bridgehead atoms. The van der Waals surface area contributed by atoms with Gasteiger partial charge in [-0.25, -0.2) is 0 Å². The second-order valence-corrected chi connectivity index (χ2v) is 4.40. The summed E-state index contributed by atoms with van der Waals surface area (Å²) in [5, 5.41) is 20.2. The van der Waals surface area contributed by atoms with Gasteiger partial charge in [0.15, 0.2) is 0 Å². The molecule has 92 valence electrons. The third-order valence-corrected chi connectivity index (χ3v) is 3.05. The largest absolute Gasteiger partial charge is 0.481 e. The number of hydrogen-bond acceptors (Lipinski definition) is 3. The molecule has 1 atom stereocenters. The molecule has 5 heteroatoms. The first-order valence-corrected chi connectivity index (χ1v) is 5.77. The van der Waals surface area contributed by atoms with Crippen LogP contribution in [0.25, 0.3) is 0 Å². The van der Waals surface area contributed by atoms with Gasteiger partial charge in [-0.05, 0) is 25.3 Å². The molecule has 1 aliphatic carbocycles. The predicted octanol–water partition coefficient (Wildman–Crippen LogP) is 1.08. The van der Waals surface area contributed by atoms with Gasteiger partial charge in [-0.15, -0.1) is 0 Å². The molecular formula is C11H19NO4. The molecule has 16 heavy (non-hydrogen) atoms. The Morgan fingerprint density at radius 2 is 1.81 bits per heavy atom. The first-order valence-electron chi connectivity index (χ1n) is 5.77. The first-order chi connectivity index (χ1) is 7.59. The third-order valence-electron chi connectivity index (χ3n) is 3.05. The van der Waals surface area contributed by atoms with Crippen LogP contribution < -0.4 is 5.32 Å². The molecule has 0 aliphatic heterocycles. The van der Waals surface area contributed by atoms with Crippen LogP contribution >= 0.6 is 0 Å². The number of nitrogens with one attached hydrogen (secondary N) is 1. The highest BCUT2D eigenvalue weighted by Gasteiger charge is 2.22. The zero-order chi connectivity index (χ0) is 12.0. The van der Waals surface area contributed by atoms with Gasteiger partial charge in [0.1, 0.15) is 6.04 Å². The van der Waals surface area contributed by atoms with Gasteiger partial charge in [-0.3, -0.25) is 9.59 Å². The van der Waals surface area contributed by atoms with Crippen molar-refractivity contribution >= 4 is 11.9 Å². The van der Waals surface area contributed by atoms with Crippen LogP contribution in [-0.4, -0.2) is 34.7 Å². The van der Waals surface area contributed by atoms with E-state index >= 15 is 0 Å². The molecule has 0 unspecified atom stereocenters. The average Bonchev–Trinajstić information content (AvgIpc) is 2.25. The Hall–Kier alpha value is -1.10. The molecule has 0 heterocycles. The lowest BCUT2D eigenvalue weighted by molar-refractivity contribution is -0.146. The van der Waals surface area contributed by atoms with E-state index in [0.29, 0.717) is 12.5 Å². The summed E-state index contributed by atoms with van der Waals surface area (Å²) in [7, 11) is 0. The third kappa shape index (κ3) is 4.61. The van der Waals surface area contributed by atoms with Crippen LogP contribution in [0.1, 0.15) is 38.5 Å². The highest BCUT2D eigenvalue weighted by Crippen LogP contribution is 2.22. The van der Waals surface area contributed by atoms with Crippen molar-refractivity contribution in [1.82, 2.24) is 5.32 Å². The molecule has 0 saturated heterocycles. The van der Waals surface area contributed by atoms with E-state index in [1.54, 1.807) is 0 Å². The minimum absolute atomic E-state index is 0.359. The molecule has 0 aromatic heterocycles. The maximum atomic E-state index is 10.8. The molecule has 0 aromatic rings. The Bertz CT molecular complexity index is 248. The van der Waals surface area contributed by atoms with Crippen LogP contribution in [-0.2, 0) is 9.59 Å². The van der Waals surface area contributed by atoms with Gasteiger partial charge in [0.05, 0.1) is 6.42 Å². The van der Waals surface area contributed by atoms with E-state index in [1.165, 1.54) is 19.3 Å². The first kappa shape index (κ1) is 13.0. The molecular weight excluding hydrogens is 210 g/mol. The monoisotopic (exact) mass is 229 g/mol. The molecule has 0 radical (unpaired) electrons. The second-order valence-electron chi connectivity index (χ2n) is 4.40. The van der Waals surface area contributed by atoms with E-state index < -0.39 is 18.0 Å². The van der Waals surface area contributed by atoms with Crippen molar-refractivity contribution in [3.8, 4) is 0 Å². The van der Waals surface area contributed by atoms with Crippen molar-refractivity contribution in [2.45, 2.75) is 44.6 Å². The maximum absolute atomic E-state index is 10.8. The van der Waals surface area contributed by atoms with Crippen LogP contribution in [0.15, 0.2) is 0 Å². The Balaban J connectivity index is 2.30. The Morgan fingerprint density at radius 1 is 1.19 bits per heavy atom. The van der Waals surface area contributed by atoms with Crippen LogP contribution in [0.4, 0.5) is 0 Å². The molecule has 1 aliphatic rings. The van der Waals surface area contributed by atoms with Crippen molar-refractivity contribution < 1.29 is 19.8 Å². The van der Waals surface area contributed by atoms with Crippen LogP contribution in [0.5, 0.6) is 0 Å². The molecule has 1 fully saturated rings. The zero-order valence-electron chi connectivity index (χ0n) is 9.32. The lowest BCUT2D eigenvalue weighted by Crippen LogP contribution is -2.41. The van der Waals surface area contributed by atoms with Gasteiger partial charge in [0.25, 0.3) is 0 Å². The Morgan fingerprint density at radius 3 is 2.31 bits per heavy atom. The van der Waals surface area contributed by atoms with Crippen molar-refractivity contribution in [3.63, 3.8) is 0 Å². The fourth-order valence-corrected chi connectivity index (χ4v) is 2.12. The summed E-state index contributed by atoms with van der Waals surface area (Å²) in [6.07, 6.45) is 5.53. The molecule has 3 N–H and O–H groups in total. The van der Waals surface area contributed by atoms with E-state index in [-0.39, 0.29) is 6.42 Å². The minimum atomic E-state index is -1.08. The summed E-state index contributed by atoms with van der Waals surface area (Å²) in [6.45, 7) is 0.615. The minimum Gasteiger partial charge on any atom is -0.481 e. The molecule has 0 amide bonds. The van der Waals surface area contributed by atoms with Crippen molar-refractivity contribution in [2.24, 2.45) is 5.92 Å². The number of aliphatic carboxylic acids is 2. The van der Waals surface area contributed by atoms with Gasteiger partial charge >= 0.3 is 11.9 Å². The maximum Gasteiger partial charge on any atom is 0.321 e. The Labute approximate surface area is 94.8 Å². The zero-order valence-corrected chi connectivity index (χ0v) is 9.32. The standard InChI is InChI=1S/C11H19NO4/c13-10(14)6-9(11(15)16)12-7-8-4-2-1-3-5-8/h8-9,12H,1-7H2,(H,13,14)(H,15,16)/t9-/m1/s1. The summed E-state index contributed by atoms with van der Waals surface area (Å²) < 4.78 is 0. The number of hydrogen-bond donors (Lipinski definition) is 3. The highest BCUT2D eigenvalue weighted by molar-refractivity contribution is 5.80. The van der Waals surface area contributed by atoms with Crippen molar-refractivity contribution in [1.29, 1.82) is 0 Å². The van der Waals surface area contributed by atoms with E-state index in [1.807, 2.05) is 0 Å². The quantitative estimate of drug-likeness (QED) is 0.634. The average molecular weight is 229 g/mol. The normalized spacial score (nSPS) is 19.2. The summed E-state index contributed by atoms with van der Waals surface area (Å²) in [5.41, 5.74) is 0. The lowest BCUT2D eigenvalue weighted by atomic mass is 9.89. The van der Waals surface area contributed by atoms with E-state index in [9.17, 15) is 9.59 Å². The summed E-state index contributed by atoms with van der Waals surface area (Å²) >= 11 is 0. The fourth-order valence-electron chi connectivity index (χ4n) is 2.12. The highest BCUT2D eigenvalue weighted by atomic mass is 16.4. The molecule has 0 aromatic carbocycles. The molecule has 1 rings (SSSR count). The van der Waals surface area contributed by atoms with E-state index in [4.69, 9.17) is 10.2 Å². The predicted molar refractivity (Wildman–Crippen MR) is 58.3 cm³/mol. The van der Waals surface area contributed by atoms with Crippen LogP contribution in [0, 0.1) is 5.92 Å². The summed E-state index contributed by atoms with van der Waals surface area (Å²) in [5.74, 6) is -1.66. The molecule has 5 nitrogen and oxygen atoms in total. The smallest absolute Gasteiger partial charge is 0.321 e. The molecule has 1 saturated carbocycles. The van der Waals surface area contributed by atoms with E-state index in [0.717, 1.165) is 12.8 Å². The van der Waals surface area contributed by atoms with Crippen molar-refractivity contribution in [3.05, 3.63) is 0 Å². The van der Waals surface area contributed by atoms with E-state index in [2.05, 4.69) is 5.32 Å². The summed E-state index contributed by atoms with van der Waals surface area (Å²) in [4.78, 5) is 21.2. The van der Waals surface area contributed by atoms with Crippen LogP contribution in [0.2, 0.25) is 0 Å². The lowest BCUT2D eigenvalue weighted by Gasteiger charge is -2.23. The van der Waals surface area contributed by atoms with Gasteiger partial charge < -0.3 is 15.5 Å². The molecule has 0 spiro atoms. The second kappa shape index (κ2) is 6.48. The van der Waals surface area contributed by atoms with Gasteiger partial charge in [-0.1, -0.05) is 19.3 Å². The van der Waals surface area contributed by atoms with Crippen LogP contribution in [0.3, 0.4) is 0 Å². The van der Waals surface area contributed by atoms with Crippen molar-refractivity contribution in [2.75, 3.05) is 6.54 Å². The number of carbonyl (C=O) groups is 2. The topological polar surface area (TPSA) is 86.6 Å². The van der Waals surface area contributed by atoms with Gasteiger partial charge in [0.2, 0.25) is 0 Å². The SMILES string of the molecule is O=C(O)C[C@@H](NCC1CCCCC1)C(=O)O. The fraction of sp³-hybridized carbons (Fsp3) is 0.818. The van der Waals surface area contributed by atoms with Gasteiger partial charge in [0, 0.05) is 0 Å². The summed E-state index contributed by atoms with van der Waals surface area (Å²) in [6, 6.07) is -0.959. The Kier molecular flexibility index (Phi) is 5.25. The number of carboxylic acid groups (broad SMARTS) is 2. The number of rotatable bonds is 6.